The number of nitrogens with zero attached hydrogens (tertiary/aromatic N) is 1. The van der Waals surface area contributed by atoms with Gasteiger partial charge >= 0.3 is 0 Å². The smallest absolute Gasteiger partial charge is 0.238 e. The molecule has 0 radical (unpaired) electrons. The maximum atomic E-state index is 11.6. The highest BCUT2D eigenvalue weighted by atomic mass is 32.2. The number of anilines is 1. The lowest BCUT2D eigenvalue weighted by atomic mass is 10.3. The molecule has 2 N–H and O–H groups in total. The Morgan fingerprint density at radius 2 is 2.00 bits per heavy atom. The molecule has 0 amide bonds. The molecule has 0 aliphatic heterocycles. The fraction of sp³-hybridized carbons (Fsp3) is 0.0833. The second kappa shape index (κ2) is 4.66. The van der Waals surface area contributed by atoms with Crippen LogP contribution in [-0.4, -0.2) is 19.7 Å². The third-order valence-corrected chi connectivity index (χ3v) is 3.32. The van der Waals surface area contributed by atoms with Crippen LogP contribution in [0.5, 0.6) is 11.6 Å². The zero-order valence-electron chi connectivity index (χ0n) is 9.70. The minimum Gasteiger partial charge on any atom is -0.438 e. The molecule has 0 saturated carbocycles. The van der Waals surface area contributed by atoms with Crippen molar-refractivity contribution in [2.75, 3.05) is 12.0 Å². The van der Waals surface area contributed by atoms with Crippen molar-refractivity contribution in [3.63, 3.8) is 0 Å². The Hall–Kier alpha value is -2.08. The molecule has 0 saturated heterocycles. The van der Waals surface area contributed by atoms with Crippen LogP contribution in [0.25, 0.3) is 0 Å². The molecule has 1 aromatic carbocycles. The highest BCUT2D eigenvalue weighted by Crippen LogP contribution is 2.26. The second-order valence-electron chi connectivity index (χ2n) is 3.75. The van der Waals surface area contributed by atoms with Crippen molar-refractivity contribution in [3.05, 3.63) is 42.6 Å². The Labute approximate surface area is 105 Å². The highest BCUT2D eigenvalue weighted by Gasteiger charge is 2.15. The van der Waals surface area contributed by atoms with Crippen LogP contribution in [0, 0.1) is 0 Å². The third kappa shape index (κ3) is 2.78. The molecule has 6 heteroatoms. The number of sulfone groups is 1. The van der Waals surface area contributed by atoms with Gasteiger partial charge in [0.05, 0.1) is 0 Å². The Bertz CT molecular complexity index is 669. The van der Waals surface area contributed by atoms with E-state index in [1.807, 2.05) is 0 Å². The Kier molecular flexibility index (Phi) is 3.20. The maximum absolute atomic E-state index is 11.6. The summed E-state index contributed by atoms with van der Waals surface area (Å²) in [5.41, 5.74) is 6.15. The Morgan fingerprint density at radius 1 is 1.22 bits per heavy atom. The molecule has 0 spiro atoms. The zero-order valence-corrected chi connectivity index (χ0v) is 10.5. The van der Waals surface area contributed by atoms with Gasteiger partial charge in [-0.05, 0) is 24.3 Å². The van der Waals surface area contributed by atoms with Crippen molar-refractivity contribution >= 4 is 15.5 Å². The van der Waals surface area contributed by atoms with Crippen LogP contribution in [0.3, 0.4) is 0 Å². The van der Waals surface area contributed by atoms with Crippen molar-refractivity contribution in [2.24, 2.45) is 0 Å². The lowest BCUT2D eigenvalue weighted by molar-refractivity contribution is 0.447. The van der Waals surface area contributed by atoms with Crippen LogP contribution in [0.15, 0.2) is 47.5 Å². The fourth-order valence-electron chi connectivity index (χ4n) is 1.42. The van der Waals surface area contributed by atoms with E-state index in [9.17, 15) is 8.42 Å². The average molecular weight is 264 g/mol. The molecular weight excluding hydrogens is 252 g/mol. The molecule has 1 aromatic heterocycles. The number of ether oxygens (including phenoxy) is 1. The minimum atomic E-state index is -3.38. The van der Waals surface area contributed by atoms with Crippen molar-refractivity contribution in [1.82, 2.24) is 4.98 Å². The van der Waals surface area contributed by atoms with Crippen LogP contribution < -0.4 is 10.5 Å². The highest BCUT2D eigenvalue weighted by molar-refractivity contribution is 7.90. The van der Waals surface area contributed by atoms with Gasteiger partial charge in [-0.2, -0.15) is 0 Å². The molecule has 5 nitrogen and oxygen atoms in total. The Balaban J connectivity index is 2.41. The van der Waals surface area contributed by atoms with Gasteiger partial charge in [0.1, 0.15) is 10.6 Å². The summed E-state index contributed by atoms with van der Waals surface area (Å²) in [5.74, 6) is 0.490. The van der Waals surface area contributed by atoms with Crippen LogP contribution in [0.4, 0.5) is 5.69 Å². The number of rotatable bonds is 3. The molecule has 0 atom stereocenters. The lowest BCUT2D eigenvalue weighted by Gasteiger charge is -2.08. The first kappa shape index (κ1) is 12.4. The summed E-state index contributed by atoms with van der Waals surface area (Å²) in [6.45, 7) is 0. The number of pyridine rings is 1. The molecule has 0 unspecified atom stereocenters. The topological polar surface area (TPSA) is 82.3 Å². The van der Waals surface area contributed by atoms with Crippen LogP contribution in [-0.2, 0) is 9.84 Å². The van der Waals surface area contributed by atoms with Crippen LogP contribution in [0.1, 0.15) is 0 Å². The molecule has 0 fully saturated rings. The largest absolute Gasteiger partial charge is 0.438 e. The van der Waals surface area contributed by atoms with Gasteiger partial charge in [0.25, 0.3) is 0 Å². The molecular formula is C12H12N2O3S. The molecule has 1 heterocycles. The summed E-state index contributed by atoms with van der Waals surface area (Å²) in [6, 6.07) is 9.70. The van der Waals surface area contributed by atoms with E-state index < -0.39 is 9.84 Å². The first-order valence-corrected chi connectivity index (χ1v) is 7.04. The van der Waals surface area contributed by atoms with Gasteiger partial charge in [-0.3, -0.25) is 0 Å². The van der Waals surface area contributed by atoms with E-state index in [0.29, 0.717) is 11.4 Å². The molecule has 0 bridgehead atoms. The van der Waals surface area contributed by atoms with Gasteiger partial charge in [0.15, 0.2) is 9.84 Å². The van der Waals surface area contributed by atoms with Crippen LogP contribution in [0.2, 0.25) is 0 Å². The molecule has 2 rings (SSSR count). The van der Waals surface area contributed by atoms with Crippen LogP contribution >= 0.6 is 0 Å². The first-order valence-electron chi connectivity index (χ1n) is 5.15. The Morgan fingerprint density at radius 3 is 2.67 bits per heavy atom. The summed E-state index contributed by atoms with van der Waals surface area (Å²) in [7, 11) is -3.38. The predicted molar refractivity (Wildman–Crippen MR) is 68.3 cm³/mol. The summed E-state index contributed by atoms with van der Waals surface area (Å²) in [6.07, 6.45) is 2.58. The second-order valence-corrected chi connectivity index (χ2v) is 5.74. The van der Waals surface area contributed by atoms with Gasteiger partial charge in [-0.1, -0.05) is 6.07 Å². The average Bonchev–Trinajstić information content (AvgIpc) is 2.28. The standard InChI is InChI=1S/C12H12N2O3S/c1-18(15,16)11-6-3-7-14-12(11)17-10-5-2-4-9(13)8-10/h2-8H,13H2,1H3. The number of aromatic nitrogens is 1. The maximum Gasteiger partial charge on any atom is 0.238 e. The molecule has 2 aromatic rings. The predicted octanol–water partition coefficient (Wildman–Crippen LogP) is 1.86. The first-order chi connectivity index (χ1) is 8.47. The minimum absolute atomic E-state index is 0.0469. The lowest BCUT2D eigenvalue weighted by Crippen LogP contribution is -2.01. The van der Waals surface area contributed by atoms with E-state index in [4.69, 9.17) is 10.5 Å². The number of hydrogen-bond acceptors (Lipinski definition) is 5. The van der Waals surface area contributed by atoms with E-state index in [1.165, 1.54) is 12.3 Å². The van der Waals surface area contributed by atoms with Gasteiger partial charge in [0, 0.05) is 24.2 Å². The molecule has 0 aliphatic carbocycles. The summed E-state index contributed by atoms with van der Waals surface area (Å²) in [4.78, 5) is 3.98. The molecule has 94 valence electrons. The fourth-order valence-corrected chi connectivity index (χ4v) is 2.16. The van der Waals surface area contributed by atoms with E-state index in [2.05, 4.69) is 4.98 Å². The quantitative estimate of drug-likeness (QED) is 0.855. The van der Waals surface area contributed by atoms with Crippen molar-refractivity contribution in [3.8, 4) is 11.6 Å². The van der Waals surface area contributed by atoms with Gasteiger partial charge in [-0.25, -0.2) is 13.4 Å². The van der Waals surface area contributed by atoms with E-state index in [-0.39, 0.29) is 10.8 Å². The molecule has 0 aliphatic rings. The number of hydrogen-bond donors (Lipinski definition) is 1. The van der Waals surface area contributed by atoms with Crippen molar-refractivity contribution < 1.29 is 13.2 Å². The van der Waals surface area contributed by atoms with Gasteiger partial charge in [0.2, 0.25) is 5.88 Å². The van der Waals surface area contributed by atoms with Gasteiger partial charge < -0.3 is 10.5 Å². The van der Waals surface area contributed by atoms with E-state index in [1.54, 1.807) is 30.3 Å². The summed E-state index contributed by atoms with van der Waals surface area (Å²) < 4.78 is 28.6. The van der Waals surface area contributed by atoms with E-state index >= 15 is 0 Å². The van der Waals surface area contributed by atoms with Crippen molar-refractivity contribution in [1.29, 1.82) is 0 Å². The number of benzene rings is 1. The third-order valence-electron chi connectivity index (χ3n) is 2.21. The zero-order chi connectivity index (χ0) is 13.2. The normalized spacial score (nSPS) is 11.2. The number of nitrogens with two attached hydrogens (primary N) is 1. The molecule has 18 heavy (non-hydrogen) atoms. The summed E-state index contributed by atoms with van der Waals surface area (Å²) in [5, 5.41) is 0. The van der Waals surface area contributed by atoms with Crippen molar-refractivity contribution in [2.45, 2.75) is 4.90 Å². The monoisotopic (exact) mass is 264 g/mol. The SMILES string of the molecule is CS(=O)(=O)c1cccnc1Oc1cccc(N)c1. The van der Waals surface area contributed by atoms with Gasteiger partial charge in [-0.15, -0.1) is 0 Å². The summed E-state index contributed by atoms with van der Waals surface area (Å²) >= 11 is 0. The van der Waals surface area contributed by atoms with E-state index in [0.717, 1.165) is 6.26 Å². The number of nitrogen functional groups attached to an aromatic ring is 1.